The number of phenols is 1. The number of allylic oxidation sites excluding steroid dienone is 1. The van der Waals surface area contributed by atoms with Crippen LogP contribution in [0.5, 0.6) is 11.5 Å². The van der Waals surface area contributed by atoms with Crippen LogP contribution >= 0.6 is 27.5 Å². The molecule has 0 bridgehead atoms. The topological polar surface area (TPSA) is 53.2 Å². The fraction of sp³-hybridized carbons (Fsp3) is 0.0625. The fourth-order valence-corrected chi connectivity index (χ4v) is 2.52. The molecule has 0 saturated carbocycles. The molecule has 0 amide bonds. The third-order valence-electron chi connectivity index (χ3n) is 2.88. The van der Waals surface area contributed by atoms with Crippen molar-refractivity contribution in [2.45, 2.75) is 0 Å². The van der Waals surface area contributed by atoms with Crippen molar-refractivity contribution in [3.05, 3.63) is 57.0 Å². The number of methoxy groups -OCH3 is 1. The molecule has 2 aromatic rings. The second-order valence-electron chi connectivity index (χ2n) is 4.20. The van der Waals surface area contributed by atoms with Gasteiger partial charge in [0.2, 0.25) is 0 Å². The first-order valence-electron chi connectivity index (χ1n) is 6.00. The largest absolute Gasteiger partial charge is 0.504 e. The van der Waals surface area contributed by atoms with Gasteiger partial charge in [-0.1, -0.05) is 45.7 Å². The lowest BCUT2D eigenvalue weighted by molar-refractivity contribution is 0.373. The number of phenolic OH excluding ortho intramolecular Hbond substituents is 1. The maximum Gasteiger partial charge on any atom is 0.161 e. The monoisotopic (exact) mass is 363 g/mol. The molecule has 0 spiro atoms. The molecular weight excluding hydrogens is 354 g/mol. The Morgan fingerprint density at radius 2 is 2.10 bits per heavy atom. The predicted molar refractivity (Wildman–Crippen MR) is 87.3 cm³/mol. The van der Waals surface area contributed by atoms with Gasteiger partial charge >= 0.3 is 0 Å². The summed E-state index contributed by atoms with van der Waals surface area (Å²) in [5.74, 6) is 0.360. The Hall–Kier alpha value is -1.96. The zero-order chi connectivity index (χ0) is 15.4. The predicted octanol–water partition coefficient (Wildman–Crippen LogP) is 4.88. The molecule has 0 aliphatic heterocycles. The van der Waals surface area contributed by atoms with Crippen molar-refractivity contribution >= 4 is 39.2 Å². The standard InChI is InChI=1S/C16H11BrClNO2/c1-21-16-7-10(13(17)8-15(16)20)6-11(9-19)12-4-2-3-5-14(12)18/h2-8,20H,1H3. The van der Waals surface area contributed by atoms with E-state index in [4.69, 9.17) is 16.3 Å². The summed E-state index contributed by atoms with van der Waals surface area (Å²) in [6, 6.07) is 12.4. The molecule has 2 aromatic carbocycles. The van der Waals surface area contributed by atoms with Crippen LogP contribution in [0.1, 0.15) is 11.1 Å². The van der Waals surface area contributed by atoms with E-state index in [1.165, 1.54) is 13.2 Å². The van der Waals surface area contributed by atoms with Gasteiger partial charge in [-0.15, -0.1) is 0 Å². The smallest absolute Gasteiger partial charge is 0.161 e. The number of nitrogens with zero attached hydrogens (tertiary/aromatic N) is 1. The third-order valence-corrected chi connectivity index (χ3v) is 3.90. The van der Waals surface area contributed by atoms with E-state index in [1.807, 2.05) is 6.07 Å². The number of aromatic hydroxyl groups is 1. The Balaban J connectivity index is 2.56. The number of nitriles is 1. The van der Waals surface area contributed by atoms with E-state index >= 15 is 0 Å². The lowest BCUT2D eigenvalue weighted by atomic mass is 10.0. The van der Waals surface area contributed by atoms with Crippen LogP contribution in [0.3, 0.4) is 0 Å². The van der Waals surface area contributed by atoms with Gasteiger partial charge in [0, 0.05) is 15.1 Å². The lowest BCUT2D eigenvalue weighted by Gasteiger charge is -2.08. The van der Waals surface area contributed by atoms with E-state index in [9.17, 15) is 10.4 Å². The lowest BCUT2D eigenvalue weighted by Crippen LogP contribution is -1.88. The van der Waals surface area contributed by atoms with Crippen molar-refractivity contribution < 1.29 is 9.84 Å². The van der Waals surface area contributed by atoms with Crippen LogP contribution in [0.4, 0.5) is 0 Å². The second-order valence-corrected chi connectivity index (χ2v) is 5.46. The van der Waals surface area contributed by atoms with Gasteiger partial charge in [0.15, 0.2) is 11.5 Å². The number of rotatable bonds is 3. The molecule has 0 radical (unpaired) electrons. The first kappa shape index (κ1) is 15.4. The molecule has 21 heavy (non-hydrogen) atoms. The molecule has 0 atom stereocenters. The second kappa shape index (κ2) is 6.66. The van der Waals surface area contributed by atoms with Gasteiger partial charge in [-0.3, -0.25) is 0 Å². The van der Waals surface area contributed by atoms with E-state index in [2.05, 4.69) is 22.0 Å². The van der Waals surface area contributed by atoms with Gasteiger partial charge in [-0.2, -0.15) is 5.26 Å². The molecular formula is C16H11BrClNO2. The molecule has 2 rings (SSSR count). The van der Waals surface area contributed by atoms with Crippen molar-refractivity contribution in [3.63, 3.8) is 0 Å². The minimum absolute atomic E-state index is 0.0257. The summed E-state index contributed by atoms with van der Waals surface area (Å²) < 4.78 is 5.73. The van der Waals surface area contributed by atoms with E-state index in [0.29, 0.717) is 31.9 Å². The number of hydrogen-bond donors (Lipinski definition) is 1. The summed E-state index contributed by atoms with van der Waals surface area (Å²) in [7, 11) is 1.47. The highest BCUT2D eigenvalue weighted by atomic mass is 79.9. The average Bonchev–Trinajstić information content (AvgIpc) is 2.47. The van der Waals surface area contributed by atoms with Crippen molar-refractivity contribution in [1.82, 2.24) is 0 Å². The summed E-state index contributed by atoms with van der Waals surface area (Å²) in [6.45, 7) is 0. The SMILES string of the molecule is COc1cc(C=C(C#N)c2ccccc2Cl)c(Br)cc1O. The van der Waals surface area contributed by atoms with Crippen LogP contribution in [0.25, 0.3) is 11.6 Å². The maximum absolute atomic E-state index is 9.71. The van der Waals surface area contributed by atoms with Crippen molar-refractivity contribution in [3.8, 4) is 17.6 Å². The van der Waals surface area contributed by atoms with Gasteiger partial charge in [0.1, 0.15) is 0 Å². The van der Waals surface area contributed by atoms with E-state index < -0.39 is 0 Å². The normalized spacial score (nSPS) is 11.0. The fourth-order valence-electron chi connectivity index (χ4n) is 1.84. The molecule has 1 N–H and O–H groups in total. The summed E-state index contributed by atoms with van der Waals surface area (Å²) in [5.41, 5.74) is 1.79. The van der Waals surface area contributed by atoms with E-state index in [1.54, 1.807) is 30.3 Å². The average molecular weight is 365 g/mol. The molecule has 0 aliphatic carbocycles. The zero-order valence-corrected chi connectivity index (χ0v) is 13.4. The highest BCUT2D eigenvalue weighted by Gasteiger charge is 2.10. The van der Waals surface area contributed by atoms with Crippen molar-refractivity contribution in [2.75, 3.05) is 7.11 Å². The minimum Gasteiger partial charge on any atom is -0.504 e. The molecule has 0 unspecified atom stereocenters. The van der Waals surface area contributed by atoms with Gasteiger partial charge in [-0.25, -0.2) is 0 Å². The maximum atomic E-state index is 9.71. The highest BCUT2D eigenvalue weighted by Crippen LogP contribution is 2.35. The third kappa shape index (κ3) is 3.38. The minimum atomic E-state index is 0.0257. The molecule has 3 nitrogen and oxygen atoms in total. The van der Waals surface area contributed by atoms with Crippen LogP contribution in [-0.4, -0.2) is 12.2 Å². The number of halogens is 2. The van der Waals surface area contributed by atoms with E-state index in [0.717, 1.165) is 0 Å². The zero-order valence-electron chi connectivity index (χ0n) is 11.1. The van der Waals surface area contributed by atoms with Crippen LogP contribution in [0.2, 0.25) is 5.02 Å². The van der Waals surface area contributed by atoms with Crippen LogP contribution < -0.4 is 4.74 Å². The molecule has 106 valence electrons. The molecule has 0 fully saturated rings. The molecule has 5 heteroatoms. The number of ether oxygens (including phenoxy) is 1. The molecule has 0 saturated heterocycles. The van der Waals surface area contributed by atoms with E-state index in [-0.39, 0.29) is 5.75 Å². The van der Waals surface area contributed by atoms with Crippen LogP contribution in [-0.2, 0) is 0 Å². The number of benzene rings is 2. The van der Waals surface area contributed by atoms with Crippen molar-refractivity contribution in [1.29, 1.82) is 5.26 Å². The van der Waals surface area contributed by atoms with Crippen molar-refractivity contribution in [2.24, 2.45) is 0 Å². The first-order valence-corrected chi connectivity index (χ1v) is 7.17. The Bertz CT molecular complexity index is 750. The summed E-state index contributed by atoms with van der Waals surface area (Å²) >= 11 is 9.48. The number of hydrogen-bond acceptors (Lipinski definition) is 3. The Morgan fingerprint density at radius 3 is 2.71 bits per heavy atom. The Kier molecular flexibility index (Phi) is 4.89. The highest BCUT2D eigenvalue weighted by molar-refractivity contribution is 9.10. The van der Waals surface area contributed by atoms with Gasteiger partial charge in [0.05, 0.1) is 18.8 Å². The molecule has 0 heterocycles. The van der Waals surface area contributed by atoms with Crippen LogP contribution in [0.15, 0.2) is 40.9 Å². The van der Waals surface area contributed by atoms with Gasteiger partial charge in [0.25, 0.3) is 0 Å². The van der Waals surface area contributed by atoms with Gasteiger partial charge in [-0.05, 0) is 29.8 Å². The summed E-state index contributed by atoms with van der Waals surface area (Å²) in [5, 5.41) is 19.6. The Morgan fingerprint density at radius 1 is 1.38 bits per heavy atom. The summed E-state index contributed by atoms with van der Waals surface area (Å²) in [6.07, 6.45) is 1.69. The van der Waals surface area contributed by atoms with Gasteiger partial charge < -0.3 is 9.84 Å². The molecule has 0 aliphatic rings. The first-order chi connectivity index (χ1) is 10.1. The molecule has 0 aromatic heterocycles. The van der Waals surface area contributed by atoms with Crippen LogP contribution in [0, 0.1) is 11.3 Å². The summed E-state index contributed by atoms with van der Waals surface area (Å²) in [4.78, 5) is 0. The quantitative estimate of drug-likeness (QED) is 0.624. The Labute approximate surface area is 136 Å².